The summed E-state index contributed by atoms with van der Waals surface area (Å²) in [7, 11) is 0. The molecule has 0 radical (unpaired) electrons. The minimum absolute atomic E-state index is 0.209. The standard InChI is InChI=1S/C34H28N6O2S2/c41-33-30(25-5-4-8-29(19-25)44(42)28-6-2-1-3-7-28)20-26-21-37-34(39-32(26)40(33)22-31-36-17-18-43-31)38-27-11-9-23(10-12-27)24-13-15-35-16-14-24/h1-13,17-21,35H,14-16,22H2,(H,37,38,39). The Morgan fingerprint density at radius 3 is 2.57 bits per heavy atom. The SMILES string of the molecule is O=c1c(-c2cccc([S+]([O-])c3ccccc3)c2)cc2cnc(Nc3ccc(C4=CCNCC4)cc3)nc2n1Cc1nccs1. The molecule has 3 aromatic heterocycles. The van der Waals surface area contributed by atoms with Crippen molar-refractivity contribution in [3.05, 3.63) is 130 Å². The molecule has 0 aliphatic carbocycles. The number of nitrogens with zero attached hydrogens (tertiary/aromatic N) is 4. The van der Waals surface area contributed by atoms with Gasteiger partial charge in [-0.05, 0) is 66.1 Å². The van der Waals surface area contributed by atoms with Gasteiger partial charge in [-0.15, -0.1) is 11.3 Å². The Hall–Kier alpha value is -4.61. The van der Waals surface area contributed by atoms with Crippen molar-refractivity contribution in [2.24, 2.45) is 0 Å². The molecule has 7 rings (SSSR count). The summed E-state index contributed by atoms with van der Waals surface area (Å²) in [4.78, 5) is 29.2. The normalized spacial score (nSPS) is 13.9. The number of aromatic nitrogens is 4. The van der Waals surface area contributed by atoms with Crippen LogP contribution in [0.1, 0.15) is 17.0 Å². The highest BCUT2D eigenvalue weighted by Crippen LogP contribution is 2.28. The van der Waals surface area contributed by atoms with Crippen LogP contribution in [0.15, 0.2) is 123 Å². The van der Waals surface area contributed by atoms with Crippen molar-refractivity contribution in [2.45, 2.75) is 22.8 Å². The van der Waals surface area contributed by atoms with E-state index in [4.69, 9.17) is 4.98 Å². The van der Waals surface area contributed by atoms with Crippen LogP contribution in [-0.4, -0.2) is 37.2 Å². The van der Waals surface area contributed by atoms with Crippen LogP contribution in [-0.2, 0) is 17.7 Å². The molecule has 8 nitrogen and oxygen atoms in total. The molecule has 0 saturated carbocycles. The maximum Gasteiger partial charge on any atom is 0.260 e. The van der Waals surface area contributed by atoms with E-state index in [9.17, 15) is 9.35 Å². The van der Waals surface area contributed by atoms with Gasteiger partial charge in [0, 0.05) is 58.2 Å². The molecule has 0 amide bonds. The van der Waals surface area contributed by atoms with Crippen molar-refractivity contribution in [1.82, 2.24) is 24.8 Å². The van der Waals surface area contributed by atoms with Crippen molar-refractivity contribution >= 4 is 50.8 Å². The largest absolute Gasteiger partial charge is 0.606 e. The van der Waals surface area contributed by atoms with Crippen LogP contribution >= 0.6 is 11.3 Å². The Bertz CT molecular complexity index is 2010. The lowest BCUT2D eigenvalue weighted by Crippen LogP contribution is -2.24. The third kappa shape index (κ3) is 5.93. The van der Waals surface area contributed by atoms with Gasteiger partial charge in [-0.1, -0.05) is 48.5 Å². The van der Waals surface area contributed by atoms with Crippen molar-refractivity contribution in [1.29, 1.82) is 0 Å². The topological polar surface area (TPSA) is 108 Å². The number of rotatable bonds is 8. The van der Waals surface area contributed by atoms with Crippen molar-refractivity contribution in [3.63, 3.8) is 0 Å². The van der Waals surface area contributed by atoms with Crippen LogP contribution in [0.25, 0.3) is 27.7 Å². The summed E-state index contributed by atoms with van der Waals surface area (Å²) < 4.78 is 14.9. The Morgan fingerprint density at radius 1 is 0.955 bits per heavy atom. The predicted octanol–water partition coefficient (Wildman–Crippen LogP) is 6.25. The fourth-order valence-corrected chi connectivity index (χ4v) is 7.00. The fourth-order valence-electron chi connectivity index (χ4n) is 5.28. The summed E-state index contributed by atoms with van der Waals surface area (Å²) in [6.07, 6.45) is 6.69. The number of fused-ring (bicyclic) bond motifs is 1. The molecule has 44 heavy (non-hydrogen) atoms. The molecule has 0 fully saturated rings. The molecule has 218 valence electrons. The summed E-state index contributed by atoms with van der Waals surface area (Å²) in [6.45, 7) is 2.15. The van der Waals surface area contributed by atoms with Crippen molar-refractivity contribution in [3.8, 4) is 11.1 Å². The second-order valence-electron chi connectivity index (χ2n) is 10.3. The van der Waals surface area contributed by atoms with Crippen LogP contribution in [0.4, 0.5) is 11.6 Å². The van der Waals surface area contributed by atoms with E-state index in [1.54, 1.807) is 17.0 Å². The van der Waals surface area contributed by atoms with E-state index in [1.807, 2.05) is 78.2 Å². The van der Waals surface area contributed by atoms with Crippen LogP contribution in [0.5, 0.6) is 0 Å². The quantitative estimate of drug-likeness (QED) is 0.195. The average molecular weight is 617 g/mol. The van der Waals surface area contributed by atoms with Gasteiger partial charge in [-0.2, -0.15) is 4.98 Å². The molecule has 10 heteroatoms. The first-order chi connectivity index (χ1) is 21.6. The lowest BCUT2D eigenvalue weighted by atomic mass is 10.0. The molecule has 0 bridgehead atoms. The zero-order valence-corrected chi connectivity index (χ0v) is 25.3. The lowest BCUT2D eigenvalue weighted by molar-refractivity contribution is 0.595. The molecule has 4 heterocycles. The van der Waals surface area contributed by atoms with Gasteiger partial charge in [-0.25, -0.2) is 9.97 Å². The zero-order valence-electron chi connectivity index (χ0n) is 23.6. The smallest absolute Gasteiger partial charge is 0.260 e. The van der Waals surface area contributed by atoms with E-state index >= 15 is 0 Å². The fraction of sp³-hybridized carbons (Fsp3) is 0.118. The maximum atomic E-state index is 14.1. The van der Waals surface area contributed by atoms with Gasteiger partial charge in [0.1, 0.15) is 10.7 Å². The van der Waals surface area contributed by atoms with E-state index in [0.29, 0.717) is 37.9 Å². The Labute approximate surface area is 261 Å². The van der Waals surface area contributed by atoms with E-state index in [2.05, 4.69) is 38.8 Å². The minimum Gasteiger partial charge on any atom is -0.606 e. The molecule has 1 atom stereocenters. The summed E-state index contributed by atoms with van der Waals surface area (Å²) in [5.41, 5.74) is 4.86. The molecule has 1 unspecified atom stereocenters. The highest BCUT2D eigenvalue weighted by molar-refractivity contribution is 7.91. The zero-order chi connectivity index (χ0) is 29.9. The third-order valence-electron chi connectivity index (χ3n) is 7.50. The number of pyridine rings is 1. The maximum absolute atomic E-state index is 14.1. The summed E-state index contributed by atoms with van der Waals surface area (Å²) in [5, 5.41) is 10.0. The van der Waals surface area contributed by atoms with Crippen LogP contribution in [0, 0.1) is 0 Å². The van der Waals surface area contributed by atoms with Crippen LogP contribution in [0.3, 0.4) is 0 Å². The third-order valence-corrected chi connectivity index (χ3v) is 9.64. The molecule has 6 aromatic rings. The second kappa shape index (κ2) is 12.6. The summed E-state index contributed by atoms with van der Waals surface area (Å²) in [6, 6.07) is 26.7. The van der Waals surface area contributed by atoms with Gasteiger partial charge >= 0.3 is 0 Å². The van der Waals surface area contributed by atoms with Gasteiger partial charge < -0.3 is 15.2 Å². The van der Waals surface area contributed by atoms with Crippen molar-refractivity contribution in [2.75, 3.05) is 18.4 Å². The van der Waals surface area contributed by atoms with E-state index < -0.39 is 11.2 Å². The molecule has 1 aliphatic heterocycles. The number of hydrogen-bond donors (Lipinski definition) is 2. The van der Waals surface area contributed by atoms with E-state index in [0.717, 1.165) is 30.2 Å². The molecule has 0 saturated heterocycles. The molecule has 2 N–H and O–H groups in total. The minimum atomic E-state index is -1.38. The number of nitrogens with one attached hydrogen (secondary N) is 2. The molecule has 3 aromatic carbocycles. The Morgan fingerprint density at radius 2 is 1.80 bits per heavy atom. The predicted molar refractivity (Wildman–Crippen MR) is 177 cm³/mol. The number of benzene rings is 3. The first-order valence-corrected chi connectivity index (χ1v) is 16.3. The highest BCUT2D eigenvalue weighted by atomic mass is 32.2. The second-order valence-corrected chi connectivity index (χ2v) is 12.8. The van der Waals surface area contributed by atoms with Crippen LogP contribution < -0.4 is 16.2 Å². The van der Waals surface area contributed by atoms with Gasteiger partial charge in [-0.3, -0.25) is 9.36 Å². The number of hydrogen-bond acceptors (Lipinski definition) is 8. The van der Waals surface area contributed by atoms with E-state index in [1.165, 1.54) is 22.5 Å². The summed E-state index contributed by atoms with van der Waals surface area (Å²) in [5.74, 6) is 0.395. The molecule has 0 spiro atoms. The van der Waals surface area contributed by atoms with Gasteiger partial charge in [0.15, 0.2) is 9.79 Å². The average Bonchev–Trinajstić information content (AvgIpc) is 3.60. The molecular formula is C34H28N6O2S2. The first kappa shape index (κ1) is 28.2. The highest BCUT2D eigenvalue weighted by Gasteiger charge is 2.19. The van der Waals surface area contributed by atoms with E-state index in [-0.39, 0.29) is 12.1 Å². The summed E-state index contributed by atoms with van der Waals surface area (Å²) >= 11 is 0.104. The lowest BCUT2D eigenvalue weighted by Gasteiger charge is -2.15. The van der Waals surface area contributed by atoms with Gasteiger partial charge in [0.05, 0.1) is 6.54 Å². The number of thiazole rings is 1. The Kier molecular flexibility index (Phi) is 8.04. The molecule has 1 aliphatic rings. The number of anilines is 2. The van der Waals surface area contributed by atoms with Gasteiger partial charge in [0.2, 0.25) is 5.95 Å². The Balaban J connectivity index is 1.25. The first-order valence-electron chi connectivity index (χ1n) is 14.3. The van der Waals surface area contributed by atoms with Crippen molar-refractivity contribution < 1.29 is 4.55 Å². The van der Waals surface area contributed by atoms with Gasteiger partial charge in [0.25, 0.3) is 5.56 Å². The molecular weight excluding hydrogens is 589 g/mol. The van der Waals surface area contributed by atoms with Crippen LogP contribution in [0.2, 0.25) is 0 Å². The monoisotopic (exact) mass is 616 g/mol.